The first-order valence-corrected chi connectivity index (χ1v) is 8.83. The second kappa shape index (κ2) is 6.87. The van der Waals surface area contributed by atoms with E-state index in [9.17, 15) is 4.79 Å². The summed E-state index contributed by atoms with van der Waals surface area (Å²) >= 11 is 0. The molecule has 0 fully saturated rings. The van der Waals surface area contributed by atoms with Crippen molar-refractivity contribution in [2.24, 2.45) is 0 Å². The molecule has 0 saturated carbocycles. The van der Waals surface area contributed by atoms with E-state index in [0.29, 0.717) is 29.5 Å². The van der Waals surface area contributed by atoms with Crippen LogP contribution in [0.25, 0.3) is 11.5 Å². The summed E-state index contributed by atoms with van der Waals surface area (Å²) in [6.45, 7) is 4.21. The molecule has 1 heterocycles. The number of ether oxygens (including phenoxy) is 2. The molecule has 0 spiro atoms. The molecule has 0 N–H and O–H groups in total. The van der Waals surface area contributed by atoms with E-state index in [1.54, 1.807) is 7.11 Å². The molecule has 1 aliphatic rings. The lowest BCUT2D eigenvalue weighted by molar-refractivity contribution is 0.0986. The minimum absolute atomic E-state index is 0.111. The molecule has 1 atom stereocenters. The van der Waals surface area contributed by atoms with Crippen LogP contribution in [0.5, 0.6) is 11.5 Å². The Bertz CT molecular complexity index is 992. The minimum atomic E-state index is 0.111. The number of aromatic nitrogens is 2. The molecule has 0 amide bonds. The minimum Gasteiger partial charge on any atom is -0.497 e. The van der Waals surface area contributed by atoms with Crippen molar-refractivity contribution >= 4 is 5.78 Å². The van der Waals surface area contributed by atoms with Gasteiger partial charge >= 0.3 is 0 Å². The van der Waals surface area contributed by atoms with Gasteiger partial charge in [-0.2, -0.15) is 0 Å². The molecule has 2 aromatic carbocycles. The summed E-state index contributed by atoms with van der Waals surface area (Å²) in [5.74, 6) is 2.45. The van der Waals surface area contributed by atoms with Gasteiger partial charge in [0.2, 0.25) is 5.89 Å². The average Bonchev–Trinajstić information content (AvgIpc) is 3.26. The molecular formula is C21H20N2O4. The third-order valence-corrected chi connectivity index (χ3v) is 4.84. The van der Waals surface area contributed by atoms with Crippen LogP contribution in [0.15, 0.2) is 40.8 Å². The van der Waals surface area contributed by atoms with Crippen molar-refractivity contribution in [3.05, 3.63) is 59.0 Å². The zero-order valence-corrected chi connectivity index (χ0v) is 15.5. The third-order valence-electron chi connectivity index (χ3n) is 4.84. The summed E-state index contributed by atoms with van der Waals surface area (Å²) in [5.41, 5.74) is 3.70. The molecule has 0 unspecified atom stereocenters. The lowest BCUT2D eigenvalue weighted by atomic mass is 9.97. The first-order valence-electron chi connectivity index (χ1n) is 8.83. The van der Waals surface area contributed by atoms with E-state index < -0.39 is 0 Å². The van der Waals surface area contributed by atoms with Crippen LogP contribution < -0.4 is 9.47 Å². The number of ketones is 1. The highest BCUT2D eigenvalue weighted by Gasteiger charge is 2.31. The van der Waals surface area contributed by atoms with Gasteiger partial charge in [-0.15, -0.1) is 10.2 Å². The van der Waals surface area contributed by atoms with Crippen molar-refractivity contribution in [3.63, 3.8) is 0 Å². The molecule has 6 heteroatoms. The highest BCUT2D eigenvalue weighted by atomic mass is 16.5. The number of hydrogen-bond acceptors (Lipinski definition) is 6. The molecule has 138 valence electrons. The van der Waals surface area contributed by atoms with Crippen molar-refractivity contribution in [1.29, 1.82) is 0 Å². The van der Waals surface area contributed by atoms with Gasteiger partial charge in [-0.25, -0.2) is 0 Å². The second-order valence-corrected chi connectivity index (χ2v) is 6.72. The zero-order valence-electron chi connectivity index (χ0n) is 15.5. The van der Waals surface area contributed by atoms with Gasteiger partial charge < -0.3 is 13.9 Å². The van der Waals surface area contributed by atoms with Gasteiger partial charge in [0, 0.05) is 12.0 Å². The Hall–Kier alpha value is -3.15. The van der Waals surface area contributed by atoms with E-state index in [4.69, 9.17) is 13.9 Å². The van der Waals surface area contributed by atoms with Crippen molar-refractivity contribution in [2.45, 2.75) is 32.8 Å². The number of carbonyl (C=O) groups excluding carboxylic acids is 1. The highest BCUT2D eigenvalue weighted by Crippen LogP contribution is 2.40. The van der Waals surface area contributed by atoms with Crippen LogP contribution in [0, 0.1) is 6.92 Å². The molecular weight excluding hydrogens is 344 g/mol. The number of nitrogens with zero attached hydrogens (tertiary/aromatic N) is 2. The first kappa shape index (κ1) is 17.3. The number of Topliss-reactive ketones (excluding diaryl/α,β-unsaturated/α-hetero) is 1. The van der Waals surface area contributed by atoms with Crippen LogP contribution in [-0.4, -0.2) is 23.1 Å². The van der Waals surface area contributed by atoms with Crippen LogP contribution in [0.3, 0.4) is 0 Å². The van der Waals surface area contributed by atoms with E-state index >= 15 is 0 Å². The van der Waals surface area contributed by atoms with E-state index in [2.05, 4.69) is 17.1 Å². The van der Waals surface area contributed by atoms with E-state index in [-0.39, 0.29) is 18.3 Å². The summed E-state index contributed by atoms with van der Waals surface area (Å²) in [6.07, 6.45) is 0.527. The number of aryl methyl sites for hydroxylation is 1. The van der Waals surface area contributed by atoms with Crippen LogP contribution in [0.4, 0.5) is 0 Å². The predicted molar refractivity (Wildman–Crippen MR) is 99.2 cm³/mol. The van der Waals surface area contributed by atoms with Crippen molar-refractivity contribution in [2.75, 3.05) is 7.11 Å². The van der Waals surface area contributed by atoms with Crippen molar-refractivity contribution < 1.29 is 18.7 Å². The molecule has 1 aliphatic carbocycles. The number of methoxy groups -OCH3 is 1. The average molecular weight is 364 g/mol. The van der Waals surface area contributed by atoms with Gasteiger partial charge in [-0.05, 0) is 54.3 Å². The number of fused-ring (bicyclic) bond motifs is 1. The molecule has 6 nitrogen and oxygen atoms in total. The lowest BCUT2D eigenvalue weighted by Crippen LogP contribution is -2.02. The molecule has 1 aromatic heterocycles. The van der Waals surface area contributed by atoms with Gasteiger partial charge in [-0.3, -0.25) is 4.79 Å². The summed E-state index contributed by atoms with van der Waals surface area (Å²) < 4.78 is 16.7. The molecule has 0 bridgehead atoms. The van der Waals surface area contributed by atoms with Gasteiger partial charge in [0.15, 0.2) is 12.4 Å². The van der Waals surface area contributed by atoms with E-state index in [1.165, 1.54) is 0 Å². The summed E-state index contributed by atoms with van der Waals surface area (Å²) in [5, 5.41) is 8.10. The van der Waals surface area contributed by atoms with Crippen molar-refractivity contribution in [1.82, 2.24) is 10.2 Å². The molecule has 0 saturated heterocycles. The number of carbonyl (C=O) groups is 1. The van der Waals surface area contributed by atoms with E-state index in [0.717, 1.165) is 22.4 Å². The van der Waals surface area contributed by atoms with Gasteiger partial charge in [0.25, 0.3) is 5.89 Å². The molecule has 0 aliphatic heterocycles. The van der Waals surface area contributed by atoms with Gasteiger partial charge in [0.1, 0.15) is 11.5 Å². The predicted octanol–water partition coefficient (Wildman–Crippen LogP) is 4.32. The Labute approximate surface area is 157 Å². The van der Waals surface area contributed by atoms with Gasteiger partial charge in [-0.1, -0.05) is 13.0 Å². The summed E-state index contributed by atoms with van der Waals surface area (Å²) in [6, 6.07) is 11.2. The standard InChI is InChI=1S/C21H20N2O4/c1-12-4-9-17(20-16(24)10-13(2)19(12)20)26-11-18-22-23-21(27-18)14-5-7-15(25-3)8-6-14/h4-9,13H,10-11H2,1-3H3/t13-/m0/s1. The second-order valence-electron chi connectivity index (χ2n) is 6.72. The Balaban J connectivity index is 1.52. The molecule has 4 rings (SSSR count). The Morgan fingerprint density at radius 1 is 1.15 bits per heavy atom. The van der Waals surface area contributed by atoms with Crippen molar-refractivity contribution in [3.8, 4) is 23.0 Å². The largest absolute Gasteiger partial charge is 0.497 e. The number of hydrogen-bond donors (Lipinski definition) is 0. The monoisotopic (exact) mass is 364 g/mol. The Kier molecular flexibility index (Phi) is 4.39. The van der Waals surface area contributed by atoms with E-state index in [1.807, 2.05) is 43.3 Å². The number of rotatable bonds is 5. The maximum absolute atomic E-state index is 12.4. The van der Waals surface area contributed by atoms with Crippen LogP contribution >= 0.6 is 0 Å². The maximum Gasteiger partial charge on any atom is 0.254 e. The van der Waals surface area contributed by atoms with Gasteiger partial charge in [0.05, 0.1) is 12.7 Å². The fraction of sp³-hybridized carbons (Fsp3) is 0.286. The third kappa shape index (κ3) is 3.18. The fourth-order valence-corrected chi connectivity index (χ4v) is 3.53. The zero-order chi connectivity index (χ0) is 19.0. The lowest BCUT2D eigenvalue weighted by Gasteiger charge is -2.12. The van der Waals surface area contributed by atoms with Crippen LogP contribution in [0.2, 0.25) is 0 Å². The number of benzene rings is 2. The highest BCUT2D eigenvalue weighted by molar-refractivity contribution is 6.04. The smallest absolute Gasteiger partial charge is 0.254 e. The normalized spacial score (nSPS) is 15.7. The first-order chi connectivity index (χ1) is 13.1. The molecule has 27 heavy (non-hydrogen) atoms. The van der Waals surface area contributed by atoms with Crippen LogP contribution in [0.1, 0.15) is 46.6 Å². The molecule has 3 aromatic rings. The maximum atomic E-state index is 12.4. The topological polar surface area (TPSA) is 74.5 Å². The Morgan fingerprint density at radius 2 is 1.93 bits per heavy atom. The van der Waals surface area contributed by atoms with Crippen LogP contribution in [-0.2, 0) is 6.61 Å². The fourth-order valence-electron chi connectivity index (χ4n) is 3.53. The summed E-state index contributed by atoms with van der Waals surface area (Å²) in [7, 11) is 1.62. The Morgan fingerprint density at radius 3 is 2.67 bits per heavy atom. The SMILES string of the molecule is COc1ccc(-c2nnc(COc3ccc(C)c4c3C(=O)C[C@@H]4C)o2)cc1. The quantitative estimate of drug-likeness (QED) is 0.671. The summed E-state index contributed by atoms with van der Waals surface area (Å²) in [4.78, 5) is 12.4. The molecule has 0 radical (unpaired) electrons.